The van der Waals surface area contributed by atoms with Crippen molar-refractivity contribution in [3.05, 3.63) is 48.7 Å². The van der Waals surface area contributed by atoms with Crippen molar-refractivity contribution in [1.29, 1.82) is 0 Å². The maximum absolute atomic E-state index is 13.8. The van der Waals surface area contributed by atoms with Crippen LogP contribution in [0.1, 0.15) is 39.0 Å². The highest BCUT2D eigenvalue weighted by Crippen LogP contribution is 2.32. The Morgan fingerprint density at radius 3 is 2.83 bits per heavy atom. The molecule has 8 heteroatoms. The molecule has 0 bridgehead atoms. The van der Waals surface area contributed by atoms with Crippen LogP contribution in [-0.2, 0) is 14.5 Å². The summed E-state index contributed by atoms with van der Waals surface area (Å²) in [6, 6.07) is 6.65. The molecule has 152 valence electrons. The Hall–Kier alpha value is -2.61. The number of pyridine rings is 1. The average Bonchev–Trinajstić information content (AvgIpc) is 3.08. The second-order valence-electron chi connectivity index (χ2n) is 7.49. The summed E-state index contributed by atoms with van der Waals surface area (Å²) in [6.07, 6.45) is 8.57. The van der Waals surface area contributed by atoms with E-state index >= 15 is 0 Å². The quantitative estimate of drug-likeness (QED) is 0.594. The fourth-order valence-corrected chi connectivity index (χ4v) is 5.81. The van der Waals surface area contributed by atoms with Crippen LogP contribution in [-0.4, -0.2) is 30.6 Å². The Balaban J connectivity index is 1.75. The molecule has 0 saturated heterocycles. The Morgan fingerprint density at radius 2 is 2.14 bits per heavy atom. The number of aromatic nitrogens is 3. The van der Waals surface area contributed by atoms with E-state index in [4.69, 9.17) is 0 Å². The zero-order valence-electron chi connectivity index (χ0n) is 16.3. The van der Waals surface area contributed by atoms with Crippen LogP contribution in [0.3, 0.4) is 0 Å². The van der Waals surface area contributed by atoms with Gasteiger partial charge in [0.15, 0.2) is 0 Å². The molecule has 1 aliphatic rings. The molecule has 3 aromatic rings. The van der Waals surface area contributed by atoms with E-state index in [0.717, 1.165) is 30.8 Å². The van der Waals surface area contributed by atoms with Crippen molar-refractivity contribution < 1.29 is 13.4 Å². The molecule has 0 aliphatic heterocycles. The van der Waals surface area contributed by atoms with E-state index in [2.05, 4.69) is 14.4 Å². The molecule has 1 aliphatic carbocycles. The van der Waals surface area contributed by atoms with Gasteiger partial charge in [-0.05, 0) is 43.4 Å². The van der Waals surface area contributed by atoms with E-state index in [1.54, 1.807) is 24.4 Å². The summed E-state index contributed by atoms with van der Waals surface area (Å²) >= 11 is 0. The molecule has 1 unspecified atom stereocenters. The lowest BCUT2D eigenvalue weighted by Gasteiger charge is -2.26. The number of hydrogen-bond donors (Lipinski definition) is 0. The van der Waals surface area contributed by atoms with Crippen molar-refractivity contribution in [1.82, 2.24) is 14.8 Å². The lowest BCUT2D eigenvalue weighted by atomic mass is 9.87. The largest absolute Gasteiger partial charge is 0.272 e. The molecule has 1 saturated carbocycles. The standard InChI is InChI=1S/C21H23FN4O2S/c1-2-4-21(27)25-29(28,14-15-5-3-6-15)19-7-8-20-16(9-19)13-26(24-20)18-10-17(22)11-23-12-18/h7-13,15H,2-6,14H2,1H3. The molecule has 0 N–H and O–H groups in total. The second kappa shape index (κ2) is 8.02. The van der Waals surface area contributed by atoms with Gasteiger partial charge in [0.1, 0.15) is 5.82 Å². The lowest BCUT2D eigenvalue weighted by molar-refractivity contribution is -0.117. The Kier molecular flexibility index (Phi) is 5.45. The molecule has 4 rings (SSSR count). The number of hydrogen-bond acceptors (Lipinski definition) is 4. The number of carbonyl (C=O) groups is 1. The smallest absolute Gasteiger partial charge is 0.254 e. The van der Waals surface area contributed by atoms with Gasteiger partial charge in [-0.3, -0.25) is 9.78 Å². The topological polar surface area (TPSA) is 77.2 Å². The first-order valence-corrected chi connectivity index (χ1v) is 11.5. The first kappa shape index (κ1) is 19.7. The first-order valence-electron chi connectivity index (χ1n) is 9.85. The lowest BCUT2D eigenvalue weighted by Crippen LogP contribution is -2.23. The molecule has 0 radical (unpaired) electrons. The highest BCUT2D eigenvalue weighted by molar-refractivity contribution is 7.94. The molecule has 1 amide bonds. The number of rotatable bonds is 6. The van der Waals surface area contributed by atoms with Gasteiger partial charge in [-0.25, -0.2) is 13.3 Å². The highest BCUT2D eigenvalue weighted by atomic mass is 32.2. The third-order valence-electron chi connectivity index (χ3n) is 5.20. The van der Waals surface area contributed by atoms with Gasteiger partial charge < -0.3 is 0 Å². The maximum Gasteiger partial charge on any atom is 0.254 e. The first-order chi connectivity index (χ1) is 14.0. The fourth-order valence-electron chi connectivity index (χ4n) is 3.45. The van der Waals surface area contributed by atoms with Crippen molar-refractivity contribution in [2.75, 3.05) is 5.75 Å². The van der Waals surface area contributed by atoms with Crippen LogP contribution < -0.4 is 0 Å². The fraction of sp³-hybridized carbons (Fsp3) is 0.381. The molecular weight excluding hydrogens is 391 g/mol. The number of halogens is 1. The summed E-state index contributed by atoms with van der Waals surface area (Å²) in [7, 11) is -2.84. The van der Waals surface area contributed by atoms with Gasteiger partial charge in [0.2, 0.25) is 0 Å². The summed E-state index contributed by atoms with van der Waals surface area (Å²) in [5.74, 6) is 0.00559. The van der Waals surface area contributed by atoms with Crippen molar-refractivity contribution in [2.24, 2.45) is 10.3 Å². The van der Waals surface area contributed by atoms with E-state index < -0.39 is 15.5 Å². The van der Waals surface area contributed by atoms with Crippen LogP contribution in [0.25, 0.3) is 16.6 Å². The summed E-state index contributed by atoms with van der Waals surface area (Å²) in [5, 5.41) is 5.20. The molecule has 1 aromatic carbocycles. The van der Waals surface area contributed by atoms with E-state index in [-0.39, 0.29) is 5.91 Å². The van der Waals surface area contributed by atoms with Gasteiger partial charge in [-0.2, -0.15) is 9.46 Å². The summed E-state index contributed by atoms with van der Waals surface area (Å²) in [4.78, 5) is 16.6. The van der Waals surface area contributed by atoms with E-state index in [9.17, 15) is 13.4 Å². The van der Waals surface area contributed by atoms with Crippen LogP contribution >= 0.6 is 0 Å². The van der Waals surface area contributed by atoms with Crippen LogP contribution in [0.2, 0.25) is 0 Å². The Bertz CT molecular complexity index is 1180. The van der Waals surface area contributed by atoms with Gasteiger partial charge in [0.25, 0.3) is 5.91 Å². The maximum atomic E-state index is 13.8. The molecule has 0 spiro atoms. The number of fused-ring (bicyclic) bond motifs is 1. The van der Waals surface area contributed by atoms with Gasteiger partial charge in [0.05, 0.1) is 33.3 Å². The number of nitrogens with zero attached hydrogens (tertiary/aromatic N) is 4. The molecule has 1 atom stereocenters. The predicted octanol–water partition coefficient (Wildman–Crippen LogP) is 4.51. The van der Waals surface area contributed by atoms with E-state index in [1.807, 2.05) is 6.92 Å². The molecule has 2 heterocycles. The molecule has 29 heavy (non-hydrogen) atoms. The minimum Gasteiger partial charge on any atom is -0.272 e. The minimum atomic E-state index is -2.84. The minimum absolute atomic E-state index is 0.300. The van der Waals surface area contributed by atoms with Crippen LogP contribution in [0, 0.1) is 11.7 Å². The highest BCUT2D eigenvalue weighted by Gasteiger charge is 2.26. The number of carbonyl (C=O) groups excluding carboxylic acids is 1. The second-order valence-corrected chi connectivity index (χ2v) is 9.76. The number of benzene rings is 1. The van der Waals surface area contributed by atoms with Gasteiger partial charge >= 0.3 is 0 Å². The predicted molar refractivity (Wildman–Crippen MR) is 110 cm³/mol. The SMILES string of the molecule is CCCC(=O)N=S(=O)(CC1CCC1)c1ccc2nn(-c3cncc(F)c3)cc2c1. The van der Waals surface area contributed by atoms with Crippen LogP contribution in [0.5, 0.6) is 0 Å². The zero-order chi connectivity index (χ0) is 20.4. The van der Waals surface area contributed by atoms with Crippen molar-refractivity contribution >= 4 is 26.5 Å². The summed E-state index contributed by atoms with van der Waals surface area (Å²) < 4.78 is 33.0. The van der Waals surface area contributed by atoms with Crippen LogP contribution in [0.4, 0.5) is 4.39 Å². The Morgan fingerprint density at radius 1 is 1.31 bits per heavy atom. The van der Waals surface area contributed by atoms with E-state index in [1.165, 1.54) is 16.9 Å². The molecular formula is C21H23FN4O2S. The normalized spacial score (nSPS) is 16.3. The number of amides is 1. The third kappa shape index (κ3) is 4.22. The van der Waals surface area contributed by atoms with Crippen molar-refractivity contribution in [3.8, 4) is 5.69 Å². The van der Waals surface area contributed by atoms with Gasteiger partial charge in [-0.15, -0.1) is 0 Å². The Labute approximate surface area is 169 Å². The summed E-state index contributed by atoms with van der Waals surface area (Å²) in [6.45, 7) is 1.91. The average molecular weight is 415 g/mol. The summed E-state index contributed by atoms with van der Waals surface area (Å²) in [5.41, 5.74) is 1.18. The van der Waals surface area contributed by atoms with Gasteiger partial charge in [0, 0.05) is 34.7 Å². The van der Waals surface area contributed by atoms with Crippen LogP contribution in [0.15, 0.2) is 52.1 Å². The van der Waals surface area contributed by atoms with Crippen molar-refractivity contribution in [2.45, 2.75) is 43.9 Å². The molecule has 6 nitrogen and oxygen atoms in total. The molecule has 2 aromatic heterocycles. The van der Waals surface area contributed by atoms with Crippen molar-refractivity contribution in [3.63, 3.8) is 0 Å². The van der Waals surface area contributed by atoms with E-state index in [0.29, 0.717) is 40.6 Å². The monoisotopic (exact) mass is 414 g/mol. The van der Waals surface area contributed by atoms with Gasteiger partial charge in [-0.1, -0.05) is 13.3 Å². The molecule has 1 fully saturated rings. The third-order valence-corrected chi connectivity index (χ3v) is 7.61. The zero-order valence-corrected chi connectivity index (χ0v) is 17.1.